The molecule has 1 aromatic carbocycles. The van der Waals surface area contributed by atoms with Gasteiger partial charge >= 0.3 is 11.9 Å². The van der Waals surface area contributed by atoms with E-state index in [1.165, 1.54) is 6.07 Å². The van der Waals surface area contributed by atoms with Crippen LogP contribution >= 0.6 is 0 Å². The van der Waals surface area contributed by atoms with Gasteiger partial charge in [-0.25, -0.2) is 9.79 Å². The summed E-state index contributed by atoms with van der Waals surface area (Å²) in [5, 5.41) is 10.7. The lowest BCUT2D eigenvalue weighted by Gasteiger charge is -2.14. The third-order valence-electron chi connectivity index (χ3n) is 3.31. The summed E-state index contributed by atoms with van der Waals surface area (Å²) >= 11 is 0. The highest BCUT2D eigenvalue weighted by atomic mass is 16.5. The lowest BCUT2D eigenvalue weighted by atomic mass is 10.1. The summed E-state index contributed by atoms with van der Waals surface area (Å²) in [4.78, 5) is 32.2. The van der Waals surface area contributed by atoms with Crippen LogP contribution in [0.2, 0.25) is 0 Å². The van der Waals surface area contributed by atoms with Crippen molar-refractivity contribution in [3.05, 3.63) is 29.3 Å². The molecule has 0 saturated carbocycles. The Morgan fingerprint density at radius 3 is 2.76 bits per heavy atom. The number of carbonyl (C=O) groups excluding carboxylic acids is 2. The second-order valence-electron chi connectivity index (χ2n) is 5.09. The number of aliphatic imine (C=N–C) groups is 2. The largest absolute Gasteiger partial charge is 0.493 e. The number of benzene rings is 1. The van der Waals surface area contributed by atoms with Crippen LogP contribution in [0.4, 0.5) is 0 Å². The summed E-state index contributed by atoms with van der Waals surface area (Å²) in [5.74, 6) is -0.423. The van der Waals surface area contributed by atoms with E-state index >= 15 is 0 Å². The maximum Gasteiger partial charge on any atom is 0.338 e. The van der Waals surface area contributed by atoms with Gasteiger partial charge in [0.05, 0.1) is 24.3 Å². The van der Waals surface area contributed by atoms with Crippen molar-refractivity contribution in [2.75, 3.05) is 13.2 Å². The molecule has 0 N–H and O–H groups in total. The fraction of sp³-hybridized carbons (Fsp3) is 0.312. The van der Waals surface area contributed by atoms with E-state index < -0.39 is 11.9 Å². The van der Waals surface area contributed by atoms with Gasteiger partial charge in [0.1, 0.15) is 5.75 Å². The van der Waals surface area contributed by atoms with Crippen molar-refractivity contribution in [1.82, 2.24) is 0 Å². The monoisotopic (exact) mass is 341 g/mol. The topological polar surface area (TPSA) is 114 Å². The molecule has 9 heteroatoms. The molecule has 0 fully saturated rings. The number of ether oxygens (including phenoxy) is 2. The molecule has 2 aliphatic heterocycles. The zero-order chi connectivity index (χ0) is 17.8. The van der Waals surface area contributed by atoms with Crippen LogP contribution in [0, 0.1) is 0 Å². The Hall–Kier alpha value is -3.23. The van der Waals surface area contributed by atoms with Gasteiger partial charge in [-0.2, -0.15) is 4.99 Å². The van der Waals surface area contributed by atoms with Crippen LogP contribution in [0.25, 0.3) is 0 Å². The molecule has 0 aliphatic carbocycles. The molecule has 3 rings (SSSR count). The van der Waals surface area contributed by atoms with E-state index in [9.17, 15) is 9.59 Å². The molecular weight excluding hydrogens is 326 g/mol. The maximum absolute atomic E-state index is 12.1. The van der Waals surface area contributed by atoms with E-state index in [-0.39, 0.29) is 24.0 Å². The molecule has 0 aromatic heterocycles. The van der Waals surface area contributed by atoms with Gasteiger partial charge in [-0.1, -0.05) is 6.92 Å². The van der Waals surface area contributed by atoms with Gasteiger partial charge in [-0.15, -0.1) is 10.2 Å². The minimum Gasteiger partial charge on any atom is -0.493 e. The molecule has 2 aliphatic rings. The Kier molecular flexibility index (Phi) is 4.73. The van der Waals surface area contributed by atoms with Gasteiger partial charge in [-0.3, -0.25) is 4.79 Å². The van der Waals surface area contributed by atoms with Gasteiger partial charge < -0.3 is 9.47 Å². The molecule has 0 saturated heterocycles. The summed E-state index contributed by atoms with van der Waals surface area (Å²) in [6.45, 7) is 4.41. The third-order valence-corrected chi connectivity index (χ3v) is 3.31. The van der Waals surface area contributed by atoms with Gasteiger partial charge in [0.15, 0.2) is 5.84 Å². The minimum atomic E-state index is -0.590. The highest BCUT2D eigenvalue weighted by Crippen LogP contribution is 2.24. The first-order chi connectivity index (χ1) is 12.1. The lowest BCUT2D eigenvalue weighted by molar-refractivity contribution is -0.111. The van der Waals surface area contributed by atoms with E-state index in [1.54, 1.807) is 19.1 Å². The molecule has 1 amide bonds. The molecule has 1 aromatic rings. The number of nitrogens with zero attached hydrogens (tertiary/aromatic N) is 5. The van der Waals surface area contributed by atoms with Crippen LogP contribution in [0.1, 0.15) is 36.2 Å². The van der Waals surface area contributed by atoms with Gasteiger partial charge in [-0.05, 0) is 36.8 Å². The van der Waals surface area contributed by atoms with Crippen molar-refractivity contribution in [2.45, 2.75) is 20.3 Å². The second-order valence-corrected chi connectivity index (χ2v) is 5.09. The number of amidine groups is 2. The van der Waals surface area contributed by atoms with Crippen LogP contribution < -0.4 is 4.74 Å². The molecule has 0 radical (unpaired) electrons. The first kappa shape index (κ1) is 16.6. The SMILES string of the molecule is CCCOc1ccc(C(=O)OCC)cc1C1=NC(=O)C2=NN=NC2=N1. The highest BCUT2D eigenvalue weighted by molar-refractivity contribution is 6.69. The fourth-order valence-electron chi connectivity index (χ4n) is 2.19. The van der Waals surface area contributed by atoms with Crippen LogP contribution in [0.15, 0.2) is 43.6 Å². The van der Waals surface area contributed by atoms with Crippen molar-refractivity contribution in [3.63, 3.8) is 0 Å². The van der Waals surface area contributed by atoms with Crippen molar-refractivity contribution >= 4 is 29.3 Å². The molecular formula is C16H15N5O4. The first-order valence-corrected chi connectivity index (χ1v) is 7.79. The molecule has 2 heterocycles. The molecule has 9 nitrogen and oxygen atoms in total. The molecule has 0 atom stereocenters. The smallest absolute Gasteiger partial charge is 0.338 e. The zero-order valence-corrected chi connectivity index (χ0v) is 13.7. The Bertz CT molecular complexity index is 854. The summed E-state index contributed by atoms with van der Waals surface area (Å²) in [5.41, 5.74) is 0.714. The number of carbonyl (C=O) groups is 2. The number of hydrogen-bond donors (Lipinski definition) is 0. The standard InChI is InChI=1S/C16H15N5O4/c1-3-7-25-11-6-5-9(16(23)24-4-2)8-10(11)13-17-14-12(15(22)18-13)19-21-20-14/h5-6,8H,3-4,7H2,1-2H3. The molecule has 25 heavy (non-hydrogen) atoms. The maximum atomic E-state index is 12.1. The van der Waals surface area contributed by atoms with Crippen molar-refractivity contribution in [2.24, 2.45) is 25.4 Å². The van der Waals surface area contributed by atoms with E-state index in [0.717, 1.165) is 6.42 Å². The normalized spacial score (nSPS) is 15.3. The zero-order valence-electron chi connectivity index (χ0n) is 13.7. The van der Waals surface area contributed by atoms with E-state index in [4.69, 9.17) is 9.47 Å². The van der Waals surface area contributed by atoms with Crippen molar-refractivity contribution < 1.29 is 19.1 Å². The summed E-state index contributed by atoms with van der Waals surface area (Å²) in [6.07, 6.45) is 0.796. The fourth-order valence-corrected chi connectivity index (χ4v) is 2.19. The van der Waals surface area contributed by atoms with Gasteiger partial charge in [0, 0.05) is 0 Å². The number of amides is 1. The minimum absolute atomic E-state index is 0.00123. The van der Waals surface area contributed by atoms with Crippen LogP contribution in [0.3, 0.4) is 0 Å². The van der Waals surface area contributed by atoms with E-state index in [2.05, 4.69) is 25.4 Å². The van der Waals surface area contributed by atoms with Gasteiger partial charge in [0.25, 0.3) is 0 Å². The predicted octanol–water partition coefficient (Wildman–Crippen LogP) is 2.16. The van der Waals surface area contributed by atoms with Crippen LogP contribution in [-0.2, 0) is 9.53 Å². The first-order valence-electron chi connectivity index (χ1n) is 7.79. The van der Waals surface area contributed by atoms with E-state index in [1.807, 2.05) is 6.92 Å². The molecule has 0 unspecified atom stereocenters. The summed E-state index contributed by atoms with van der Waals surface area (Å²) in [7, 11) is 0. The Balaban J connectivity index is 2.04. The quantitative estimate of drug-likeness (QED) is 0.737. The number of esters is 1. The third kappa shape index (κ3) is 3.35. The molecule has 0 spiro atoms. The highest BCUT2D eigenvalue weighted by Gasteiger charge is 2.29. The average Bonchev–Trinajstić information content (AvgIpc) is 3.09. The van der Waals surface area contributed by atoms with Gasteiger partial charge in [0.2, 0.25) is 11.5 Å². The Morgan fingerprint density at radius 2 is 2.00 bits per heavy atom. The van der Waals surface area contributed by atoms with Crippen LogP contribution in [-0.4, -0.2) is 42.5 Å². The summed E-state index contributed by atoms with van der Waals surface area (Å²) in [6, 6.07) is 4.75. The Labute approximate surface area is 143 Å². The number of rotatable bonds is 6. The lowest BCUT2D eigenvalue weighted by Crippen LogP contribution is -2.26. The Morgan fingerprint density at radius 1 is 1.16 bits per heavy atom. The summed E-state index contributed by atoms with van der Waals surface area (Å²) < 4.78 is 10.7. The van der Waals surface area contributed by atoms with Crippen LogP contribution in [0.5, 0.6) is 5.75 Å². The molecule has 0 bridgehead atoms. The van der Waals surface area contributed by atoms with Crippen molar-refractivity contribution in [3.8, 4) is 5.75 Å². The van der Waals surface area contributed by atoms with Crippen molar-refractivity contribution in [1.29, 1.82) is 0 Å². The number of fused-ring (bicyclic) bond motifs is 1. The predicted molar refractivity (Wildman–Crippen MR) is 89.5 cm³/mol. The second kappa shape index (κ2) is 7.12. The number of hydrogen-bond acceptors (Lipinski definition) is 8. The van der Waals surface area contributed by atoms with E-state index in [0.29, 0.717) is 23.5 Å². The molecule has 128 valence electrons. The average molecular weight is 341 g/mol.